The number of rotatable bonds is 8. The molecule has 0 aromatic rings. The molecule has 33 heavy (non-hydrogen) atoms. The van der Waals surface area contributed by atoms with Crippen LogP contribution in [0.15, 0.2) is 11.6 Å². The zero-order valence-electron chi connectivity index (χ0n) is 21.9. The van der Waals surface area contributed by atoms with Crippen LogP contribution in [0.25, 0.3) is 0 Å². The van der Waals surface area contributed by atoms with Crippen LogP contribution in [0.2, 0.25) is 0 Å². The van der Waals surface area contributed by atoms with Crippen LogP contribution in [0, 0.1) is 5.92 Å². The monoisotopic (exact) mass is 467 g/mol. The van der Waals surface area contributed by atoms with Crippen molar-refractivity contribution in [3.8, 4) is 0 Å². The topological polar surface area (TPSA) is 80.3 Å². The van der Waals surface area contributed by atoms with Crippen molar-refractivity contribution in [1.82, 2.24) is 15.1 Å². The Kier molecular flexibility index (Phi) is 9.76. The Bertz CT molecular complexity index is 693. The van der Waals surface area contributed by atoms with Gasteiger partial charge in [-0.2, -0.15) is 0 Å². The third-order valence-electron chi connectivity index (χ3n) is 5.87. The largest absolute Gasteiger partial charge is 0.444 e. The number of carbonyl (C=O) groups excluding carboxylic acids is 2. The minimum atomic E-state index is -0.839. The molecule has 1 N–H and O–H groups in total. The van der Waals surface area contributed by atoms with Crippen LogP contribution < -0.4 is 5.32 Å². The molecular formula is C25H45N3O5. The van der Waals surface area contributed by atoms with Gasteiger partial charge in [0.25, 0.3) is 0 Å². The van der Waals surface area contributed by atoms with Gasteiger partial charge in [0.05, 0.1) is 25.4 Å². The first-order valence-corrected chi connectivity index (χ1v) is 12.3. The average molecular weight is 468 g/mol. The van der Waals surface area contributed by atoms with Gasteiger partial charge in [-0.1, -0.05) is 20.8 Å². The molecule has 2 rings (SSSR count). The molecule has 0 saturated carbocycles. The van der Waals surface area contributed by atoms with Crippen LogP contribution in [-0.2, 0) is 19.0 Å². The summed E-state index contributed by atoms with van der Waals surface area (Å²) < 4.78 is 17.4. The molecule has 0 aromatic carbocycles. The number of carbonyl (C=O) groups is 2. The van der Waals surface area contributed by atoms with Gasteiger partial charge in [0, 0.05) is 31.8 Å². The van der Waals surface area contributed by atoms with E-state index in [9.17, 15) is 9.59 Å². The minimum Gasteiger partial charge on any atom is -0.444 e. The van der Waals surface area contributed by atoms with E-state index in [0.29, 0.717) is 24.5 Å². The highest BCUT2D eigenvalue weighted by Crippen LogP contribution is 2.37. The maximum Gasteiger partial charge on any atom is 0.412 e. The number of nitrogens with zero attached hydrogens (tertiary/aromatic N) is 2. The van der Waals surface area contributed by atoms with E-state index in [1.165, 1.54) is 0 Å². The Morgan fingerprint density at radius 2 is 1.85 bits per heavy atom. The van der Waals surface area contributed by atoms with Gasteiger partial charge >= 0.3 is 6.09 Å². The second-order valence-corrected chi connectivity index (χ2v) is 10.8. The van der Waals surface area contributed by atoms with Gasteiger partial charge in [-0.3, -0.25) is 14.6 Å². The molecule has 0 unspecified atom stereocenters. The molecule has 190 valence electrons. The van der Waals surface area contributed by atoms with E-state index in [0.717, 1.165) is 39.3 Å². The first kappa shape index (κ1) is 27.6. The van der Waals surface area contributed by atoms with Gasteiger partial charge in [-0.15, -0.1) is 0 Å². The van der Waals surface area contributed by atoms with Crippen molar-refractivity contribution in [2.24, 2.45) is 5.92 Å². The van der Waals surface area contributed by atoms with Crippen LogP contribution in [0.4, 0.5) is 4.79 Å². The maximum atomic E-state index is 13.1. The minimum absolute atomic E-state index is 0.0776. The fraction of sp³-hybridized carbons (Fsp3) is 0.840. The number of nitrogens with one attached hydrogen (secondary N) is 1. The van der Waals surface area contributed by atoms with Crippen molar-refractivity contribution in [2.45, 2.75) is 91.7 Å². The van der Waals surface area contributed by atoms with Crippen LogP contribution in [0.5, 0.6) is 0 Å². The molecular weight excluding hydrogens is 422 g/mol. The zero-order chi connectivity index (χ0) is 24.8. The van der Waals surface area contributed by atoms with Crippen molar-refractivity contribution in [3.63, 3.8) is 0 Å². The molecule has 0 aromatic heterocycles. The van der Waals surface area contributed by atoms with Crippen LogP contribution in [0.1, 0.15) is 68.2 Å². The molecule has 2 aliphatic rings. The molecule has 2 heterocycles. The molecule has 0 radical (unpaired) electrons. The molecule has 0 bridgehead atoms. The second-order valence-electron chi connectivity index (χ2n) is 10.8. The Balaban J connectivity index is 2.14. The number of amides is 2. The van der Waals surface area contributed by atoms with Crippen LogP contribution in [-0.4, -0.2) is 84.7 Å². The van der Waals surface area contributed by atoms with Gasteiger partial charge in [0.1, 0.15) is 11.3 Å². The SMILES string of the molecule is CC/C(=C\[C@@H]1OC(C)(C)N(C(=O)OC(C)(C)C)[C@H]1CC(C)C)C(=O)NCCN1CCOCC1. The summed E-state index contributed by atoms with van der Waals surface area (Å²) in [5, 5.41) is 3.05. The Morgan fingerprint density at radius 3 is 2.39 bits per heavy atom. The molecule has 2 saturated heterocycles. The summed E-state index contributed by atoms with van der Waals surface area (Å²) in [5.41, 5.74) is -0.759. The second kappa shape index (κ2) is 11.7. The highest BCUT2D eigenvalue weighted by molar-refractivity contribution is 5.93. The summed E-state index contributed by atoms with van der Waals surface area (Å²) in [7, 11) is 0. The lowest BCUT2D eigenvalue weighted by molar-refractivity contribution is -0.117. The van der Waals surface area contributed by atoms with Gasteiger partial charge in [-0.25, -0.2) is 4.79 Å². The Labute approximate surface area is 200 Å². The summed E-state index contributed by atoms with van der Waals surface area (Å²) in [6.07, 6.45) is 2.48. The summed E-state index contributed by atoms with van der Waals surface area (Å²) >= 11 is 0. The summed E-state index contributed by atoms with van der Waals surface area (Å²) in [5.74, 6) is 0.270. The standard InChI is InChI=1S/C25H45N3O5/c1-9-19(22(29)26-10-11-27-12-14-31-15-13-27)17-21-20(16-18(2)3)28(25(7,8)32-21)23(30)33-24(4,5)6/h17-18,20-21H,9-16H2,1-8H3,(H,26,29)/b19-17+/t20-,21-/m0/s1. The Hall–Kier alpha value is -1.64. The molecule has 0 spiro atoms. The van der Waals surface area contributed by atoms with E-state index in [1.807, 2.05) is 47.6 Å². The van der Waals surface area contributed by atoms with E-state index in [1.54, 1.807) is 4.90 Å². The van der Waals surface area contributed by atoms with Crippen molar-refractivity contribution in [2.75, 3.05) is 39.4 Å². The van der Waals surface area contributed by atoms with Crippen LogP contribution >= 0.6 is 0 Å². The van der Waals surface area contributed by atoms with E-state index < -0.39 is 11.3 Å². The molecule has 2 aliphatic heterocycles. The fourth-order valence-electron chi connectivity index (χ4n) is 4.37. The van der Waals surface area contributed by atoms with Crippen molar-refractivity contribution < 1.29 is 23.8 Å². The average Bonchev–Trinajstić information content (AvgIpc) is 2.94. The highest BCUT2D eigenvalue weighted by Gasteiger charge is 2.50. The maximum absolute atomic E-state index is 13.1. The molecule has 2 fully saturated rings. The number of hydrogen-bond donors (Lipinski definition) is 1. The van der Waals surface area contributed by atoms with Crippen molar-refractivity contribution >= 4 is 12.0 Å². The van der Waals surface area contributed by atoms with E-state index >= 15 is 0 Å². The summed E-state index contributed by atoms with van der Waals surface area (Å²) in [6.45, 7) is 20.2. The molecule has 8 nitrogen and oxygen atoms in total. The van der Waals surface area contributed by atoms with Gasteiger partial charge in [0.15, 0.2) is 0 Å². The van der Waals surface area contributed by atoms with Crippen molar-refractivity contribution in [1.29, 1.82) is 0 Å². The lowest BCUT2D eigenvalue weighted by Crippen LogP contribution is -2.50. The van der Waals surface area contributed by atoms with Gasteiger partial charge in [0.2, 0.25) is 5.91 Å². The predicted octanol–water partition coefficient (Wildman–Crippen LogP) is 3.56. The normalized spacial score (nSPS) is 24.3. The number of ether oxygens (including phenoxy) is 3. The van der Waals surface area contributed by atoms with E-state index in [-0.39, 0.29) is 24.1 Å². The molecule has 2 atom stereocenters. The molecule has 0 aliphatic carbocycles. The van der Waals surface area contributed by atoms with E-state index in [4.69, 9.17) is 14.2 Å². The smallest absolute Gasteiger partial charge is 0.412 e. The third-order valence-corrected chi connectivity index (χ3v) is 5.87. The number of morpholine rings is 1. The van der Waals surface area contributed by atoms with Crippen LogP contribution in [0.3, 0.4) is 0 Å². The lowest BCUT2D eigenvalue weighted by atomic mass is 9.96. The first-order valence-electron chi connectivity index (χ1n) is 12.3. The first-order chi connectivity index (χ1) is 15.3. The fourth-order valence-corrected chi connectivity index (χ4v) is 4.37. The number of hydrogen-bond acceptors (Lipinski definition) is 6. The zero-order valence-corrected chi connectivity index (χ0v) is 21.9. The van der Waals surface area contributed by atoms with Crippen molar-refractivity contribution in [3.05, 3.63) is 11.6 Å². The van der Waals surface area contributed by atoms with Gasteiger partial charge in [-0.05, 0) is 59.5 Å². The summed E-state index contributed by atoms with van der Waals surface area (Å²) in [4.78, 5) is 30.0. The lowest BCUT2D eigenvalue weighted by Gasteiger charge is -2.35. The summed E-state index contributed by atoms with van der Waals surface area (Å²) in [6, 6.07) is -0.211. The van der Waals surface area contributed by atoms with E-state index in [2.05, 4.69) is 24.1 Å². The quantitative estimate of drug-likeness (QED) is 0.550. The van der Waals surface area contributed by atoms with Gasteiger partial charge < -0.3 is 19.5 Å². The molecule has 8 heteroatoms. The Morgan fingerprint density at radius 1 is 1.21 bits per heavy atom. The highest BCUT2D eigenvalue weighted by atomic mass is 16.6. The molecule has 2 amide bonds. The predicted molar refractivity (Wildman–Crippen MR) is 129 cm³/mol. The third kappa shape index (κ3) is 8.26.